The second kappa shape index (κ2) is 10.6. The Morgan fingerprint density at radius 2 is 1.64 bits per heavy atom. The van der Waals surface area contributed by atoms with Crippen LogP contribution in [0.3, 0.4) is 0 Å². The lowest BCUT2D eigenvalue weighted by atomic mass is 10.0. The zero-order valence-electron chi connectivity index (χ0n) is 16.7. The van der Waals surface area contributed by atoms with Crippen LogP contribution in [-0.2, 0) is 0 Å². The van der Waals surface area contributed by atoms with E-state index < -0.39 is 0 Å². The smallest absolute Gasteiger partial charge is 0.267 e. The van der Waals surface area contributed by atoms with E-state index >= 15 is 0 Å². The van der Waals surface area contributed by atoms with Gasteiger partial charge in [-0.15, -0.1) is 0 Å². The monoisotopic (exact) mass is 384 g/mol. The van der Waals surface area contributed by atoms with E-state index in [2.05, 4.69) is 21.4 Å². The van der Waals surface area contributed by atoms with E-state index in [1.54, 1.807) is 19.2 Å². The van der Waals surface area contributed by atoms with Gasteiger partial charge in [-0.25, -0.2) is 4.39 Å². The Bertz CT molecular complexity index is 891. The number of rotatable bonds is 2. The summed E-state index contributed by atoms with van der Waals surface area (Å²) in [6.07, 6.45) is 2.78. The highest BCUT2D eigenvalue weighted by molar-refractivity contribution is 6.01. The highest BCUT2D eigenvalue weighted by atomic mass is 19.1. The number of carbonyl (C=O) groups excluding carboxylic acids is 1. The van der Waals surface area contributed by atoms with Crippen LogP contribution in [0, 0.1) is 12.7 Å². The van der Waals surface area contributed by atoms with Crippen molar-refractivity contribution < 1.29 is 9.18 Å². The van der Waals surface area contributed by atoms with E-state index in [1.807, 2.05) is 25.1 Å². The standard InChI is InChI=1S/C17H15FN2O.C4H9N.CH5N/c1-10-14-8-5-12(11-3-6-13(18)7-4-11)9-15(14)20-16(10)17(21)19-2;1-2-4-5-3-1;1-2/h3-9,20H,1-2H3,(H,19,21);5H,1-4H2;2H2,1H3. The Morgan fingerprint density at radius 3 is 2.18 bits per heavy atom. The third-order valence-corrected chi connectivity index (χ3v) is 4.65. The van der Waals surface area contributed by atoms with E-state index in [0.29, 0.717) is 5.69 Å². The number of halogens is 1. The fourth-order valence-electron chi connectivity index (χ4n) is 3.14. The molecule has 1 aliphatic rings. The third kappa shape index (κ3) is 5.18. The molecule has 5 N–H and O–H groups in total. The SMILES string of the molecule is C1CCNC1.CN.CNC(=O)c1[nH]c2cc(-c3ccc(F)cc3)ccc2c1C. The maximum Gasteiger partial charge on any atom is 0.267 e. The van der Waals surface area contributed by atoms with Gasteiger partial charge in [0, 0.05) is 18.0 Å². The first-order valence-electron chi connectivity index (χ1n) is 9.49. The number of aryl methyl sites for hydroxylation is 1. The average molecular weight is 384 g/mol. The molecule has 150 valence electrons. The lowest BCUT2D eigenvalue weighted by molar-refractivity contribution is 0.0958. The number of H-pyrrole nitrogens is 1. The molecule has 6 heteroatoms. The van der Waals surface area contributed by atoms with E-state index in [9.17, 15) is 9.18 Å². The molecule has 1 aliphatic heterocycles. The molecule has 0 spiro atoms. The van der Waals surface area contributed by atoms with Crippen molar-refractivity contribution in [2.45, 2.75) is 19.8 Å². The molecule has 1 saturated heterocycles. The van der Waals surface area contributed by atoms with Gasteiger partial charge < -0.3 is 21.4 Å². The lowest BCUT2D eigenvalue weighted by Crippen LogP contribution is -2.18. The number of carbonyl (C=O) groups is 1. The van der Waals surface area contributed by atoms with E-state index in [4.69, 9.17) is 0 Å². The van der Waals surface area contributed by atoms with Crippen molar-refractivity contribution in [1.29, 1.82) is 0 Å². The van der Waals surface area contributed by atoms with E-state index in [1.165, 1.54) is 45.1 Å². The van der Waals surface area contributed by atoms with Gasteiger partial charge in [-0.2, -0.15) is 0 Å². The summed E-state index contributed by atoms with van der Waals surface area (Å²) in [7, 11) is 3.11. The number of nitrogens with two attached hydrogens (primary N) is 1. The fourth-order valence-corrected chi connectivity index (χ4v) is 3.14. The minimum Gasteiger partial charge on any atom is -0.354 e. The van der Waals surface area contributed by atoms with Gasteiger partial charge in [0.1, 0.15) is 11.5 Å². The first-order valence-corrected chi connectivity index (χ1v) is 9.49. The van der Waals surface area contributed by atoms with Crippen molar-refractivity contribution in [1.82, 2.24) is 15.6 Å². The summed E-state index contributed by atoms with van der Waals surface area (Å²) in [5, 5.41) is 6.86. The highest BCUT2D eigenvalue weighted by Crippen LogP contribution is 2.27. The Morgan fingerprint density at radius 1 is 1.04 bits per heavy atom. The van der Waals surface area contributed by atoms with Crippen LogP contribution in [0.15, 0.2) is 42.5 Å². The Labute approximate surface area is 165 Å². The van der Waals surface area contributed by atoms with Gasteiger partial charge in [-0.05, 0) is 74.8 Å². The van der Waals surface area contributed by atoms with Crippen LogP contribution in [-0.4, -0.2) is 38.1 Å². The molecule has 0 radical (unpaired) electrons. The van der Waals surface area contributed by atoms with Crippen LogP contribution in [0.2, 0.25) is 0 Å². The van der Waals surface area contributed by atoms with Gasteiger partial charge in [-0.3, -0.25) is 4.79 Å². The van der Waals surface area contributed by atoms with E-state index in [-0.39, 0.29) is 11.7 Å². The normalized spacial score (nSPS) is 12.6. The van der Waals surface area contributed by atoms with Crippen LogP contribution >= 0.6 is 0 Å². The molecule has 1 amide bonds. The molecule has 0 aliphatic carbocycles. The second-order valence-electron chi connectivity index (χ2n) is 6.43. The minimum absolute atomic E-state index is 0.132. The first kappa shape index (κ1) is 21.6. The van der Waals surface area contributed by atoms with Crippen LogP contribution in [0.25, 0.3) is 22.0 Å². The van der Waals surface area contributed by atoms with Crippen LogP contribution < -0.4 is 16.4 Å². The molecule has 28 heavy (non-hydrogen) atoms. The van der Waals surface area contributed by atoms with Gasteiger partial charge >= 0.3 is 0 Å². The Hall–Kier alpha value is -2.70. The first-order chi connectivity index (χ1) is 13.6. The third-order valence-electron chi connectivity index (χ3n) is 4.65. The molecule has 0 saturated carbocycles. The summed E-state index contributed by atoms with van der Waals surface area (Å²) in [6.45, 7) is 4.42. The number of nitrogens with one attached hydrogen (secondary N) is 3. The van der Waals surface area contributed by atoms with Crippen molar-refractivity contribution in [3.63, 3.8) is 0 Å². The van der Waals surface area contributed by atoms with Crippen molar-refractivity contribution in [2.24, 2.45) is 5.73 Å². The summed E-state index contributed by atoms with van der Waals surface area (Å²) in [5.74, 6) is -0.385. The second-order valence-corrected chi connectivity index (χ2v) is 6.43. The highest BCUT2D eigenvalue weighted by Gasteiger charge is 2.13. The maximum atomic E-state index is 13.0. The Balaban J connectivity index is 0.000000342. The van der Waals surface area contributed by atoms with Crippen molar-refractivity contribution in [3.05, 3.63) is 59.5 Å². The quantitative estimate of drug-likeness (QED) is 0.545. The zero-order chi connectivity index (χ0) is 20.5. The molecular weight excluding hydrogens is 355 g/mol. The predicted octanol–water partition coefficient (Wildman–Crippen LogP) is 3.59. The minimum atomic E-state index is -0.252. The summed E-state index contributed by atoms with van der Waals surface area (Å²) in [6, 6.07) is 12.3. The largest absolute Gasteiger partial charge is 0.354 e. The number of aromatic amines is 1. The molecule has 1 aromatic heterocycles. The van der Waals surface area contributed by atoms with Crippen LogP contribution in [0.4, 0.5) is 4.39 Å². The number of fused-ring (bicyclic) bond motifs is 1. The fraction of sp³-hybridized carbons (Fsp3) is 0.318. The number of aromatic nitrogens is 1. The molecule has 0 bridgehead atoms. The van der Waals surface area contributed by atoms with Gasteiger partial charge in [0.15, 0.2) is 0 Å². The molecule has 0 atom stereocenters. The topological polar surface area (TPSA) is 82.9 Å². The number of hydrogen-bond acceptors (Lipinski definition) is 3. The molecule has 3 aromatic rings. The lowest BCUT2D eigenvalue weighted by Gasteiger charge is -2.02. The number of hydrogen-bond donors (Lipinski definition) is 4. The maximum absolute atomic E-state index is 13.0. The van der Waals surface area contributed by atoms with Gasteiger partial charge in [0.25, 0.3) is 5.91 Å². The van der Waals surface area contributed by atoms with Crippen molar-refractivity contribution in [2.75, 3.05) is 27.2 Å². The molecule has 0 unspecified atom stereocenters. The summed E-state index contributed by atoms with van der Waals surface area (Å²) in [5.41, 5.74) is 8.81. The van der Waals surface area contributed by atoms with E-state index in [0.717, 1.165) is 27.6 Å². The molecule has 2 aromatic carbocycles. The summed E-state index contributed by atoms with van der Waals surface area (Å²) < 4.78 is 13.0. The molecule has 5 nitrogen and oxygen atoms in total. The van der Waals surface area contributed by atoms with Crippen LogP contribution in [0.5, 0.6) is 0 Å². The molecule has 4 rings (SSSR count). The van der Waals surface area contributed by atoms with Gasteiger partial charge in [0.05, 0.1) is 0 Å². The Kier molecular flexibility index (Phi) is 8.17. The summed E-state index contributed by atoms with van der Waals surface area (Å²) >= 11 is 0. The number of amides is 1. The van der Waals surface area contributed by atoms with Gasteiger partial charge in [0.2, 0.25) is 0 Å². The molecular formula is C22H29FN4O. The number of benzene rings is 2. The summed E-state index contributed by atoms with van der Waals surface area (Å²) in [4.78, 5) is 15.0. The zero-order valence-corrected chi connectivity index (χ0v) is 16.7. The molecule has 2 heterocycles. The molecule has 1 fully saturated rings. The van der Waals surface area contributed by atoms with Gasteiger partial charge in [-0.1, -0.05) is 24.3 Å². The van der Waals surface area contributed by atoms with Crippen molar-refractivity contribution in [3.8, 4) is 11.1 Å². The average Bonchev–Trinajstić information content (AvgIpc) is 3.42. The van der Waals surface area contributed by atoms with Crippen molar-refractivity contribution >= 4 is 16.8 Å². The van der Waals surface area contributed by atoms with Crippen LogP contribution in [0.1, 0.15) is 28.9 Å². The predicted molar refractivity (Wildman–Crippen MR) is 114 cm³/mol.